The number of nitrogens with one attached hydrogen (secondary N) is 1. The maximum atomic E-state index is 12.0. The van der Waals surface area contributed by atoms with E-state index in [1.54, 1.807) is 0 Å². The first kappa shape index (κ1) is 14.5. The van der Waals surface area contributed by atoms with Gasteiger partial charge in [-0.25, -0.2) is 4.79 Å². The summed E-state index contributed by atoms with van der Waals surface area (Å²) in [6, 6.07) is 3.77. The van der Waals surface area contributed by atoms with Crippen molar-refractivity contribution < 1.29 is 14.7 Å². The molecule has 19 heavy (non-hydrogen) atoms. The van der Waals surface area contributed by atoms with E-state index in [-0.39, 0.29) is 12.3 Å². The maximum absolute atomic E-state index is 12.0. The van der Waals surface area contributed by atoms with E-state index >= 15 is 0 Å². The van der Waals surface area contributed by atoms with Gasteiger partial charge in [-0.1, -0.05) is 19.3 Å². The molecule has 6 heteroatoms. The van der Waals surface area contributed by atoms with Crippen molar-refractivity contribution in [2.45, 2.75) is 44.1 Å². The van der Waals surface area contributed by atoms with E-state index in [9.17, 15) is 14.7 Å². The van der Waals surface area contributed by atoms with E-state index in [1.165, 1.54) is 11.3 Å². The van der Waals surface area contributed by atoms with Crippen LogP contribution in [0, 0.1) is 0 Å². The van der Waals surface area contributed by atoms with Gasteiger partial charge in [-0.15, -0.1) is 11.3 Å². The predicted molar refractivity (Wildman–Crippen MR) is 77.3 cm³/mol. The van der Waals surface area contributed by atoms with Crippen LogP contribution >= 0.6 is 27.3 Å². The number of rotatable bonds is 4. The number of halogens is 1. The molecule has 1 heterocycles. The monoisotopic (exact) mass is 345 g/mol. The van der Waals surface area contributed by atoms with Crippen molar-refractivity contribution >= 4 is 39.1 Å². The first-order valence-electron chi connectivity index (χ1n) is 6.30. The highest BCUT2D eigenvalue weighted by Crippen LogP contribution is 2.29. The zero-order valence-corrected chi connectivity index (χ0v) is 12.8. The highest BCUT2D eigenvalue weighted by Gasteiger charge is 2.40. The zero-order chi connectivity index (χ0) is 13.9. The molecule has 1 amide bonds. The molecule has 1 aromatic rings. The van der Waals surface area contributed by atoms with Crippen LogP contribution in [-0.2, 0) is 16.0 Å². The summed E-state index contributed by atoms with van der Waals surface area (Å²) in [5.74, 6) is -1.12. The fourth-order valence-electron chi connectivity index (χ4n) is 2.46. The molecule has 1 aromatic heterocycles. The minimum absolute atomic E-state index is 0.210. The van der Waals surface area contributed by atoms with Crippen molar-refractivity contribution in [3.05, 3.63) is 20.8 Å². The summed E-state index contributed by atoms with van der Waals surface area (Å²) in [5.41, 5.74) is -1.05. The Morgan fingerprint density at radius 1 is 1.32 bits per heavy atom. The summed E-state index contributed by atoms with van der Waals surface area (Å²) >= 11 is 4.84. The fourth-order valence-corrected chi connectivity index (χ4v) is 3.95. The number of aliphatic carboxylic acids is 1. The summed E-state index contributed by atoms with van der Waals surface area (Å²) < 4.78 is 0.973. The van der Waals surface area contributed by atoms with Crippen LogP contribution in [0.1, 0.15) is 37.0 Å². The minimum Gasteiger partial charge on any atom is -0.480 e. The number of carboxylic acid groups (broad SMARTS) is 1. The Labute approximate surface area is 124 Å². The SMILES string of the molecule is O=C(Cc1ccc(Br)s1)NC1(C(=O)O)CCCCC1. The fraction of sp³-hybridized carbons (Fsp3) is 0.538. The van der Waals surface area contributed by atoms with Crippen molar-refractivity contribution in [2.75, 3.05) is 0 Å². The average Bonchev–Trinajstić information content (AvgIpc) is 2.75. The molecule has 2 rings (SSSR count). The van der Waals surface area contributed by atoms with E-state index < -0.39 is 11.5 Å². The van der Waals surface area contributed by atoms with Gasteiger partial charge >= 0.3 is 5.97 Å². The lowest BCUT2D eigenvalue weighted by atomic mass is 9.81. The van der Waals surface area contributed by atoms with Gasteiger partial charge in [0.15, 0.2) is 0 Å². The van der Waals surface area contributed by atoms with Gasteiger partial charge in [0.25, 0.3) is 0 Å². The molecule has 1 saturated carbocycles. The van der Waals surface area contributed by atoms with Crippen molar-refractivity contribution in [1.82, 2.24) is 5.32 Å². The van der Waals surface area contributed by atoms with Gasteiger partial charge in [-0.2, -0.15) is 0 Å². The molecule has 0 bridgehead atoms. The molecular weight excluding hydrogens is 330 g/mol. The average molecular weight is 346 g/mol. The van der Waals surface area contributed by atoms with Gasteiger partial charge in [0.1, 0.15) is 5.54 Å². The molecule has 0 aromatic carbocycles. The van der Waals surface area contributed by atoms with Crippen molar-refractivity contribution in [3.8, 4) is 0 Å². The second-order valence-corrected chi connectivity index (χ2v) is 7.43. The predicted octanol–water partition coefficient (Wildman–Crippen LogP) is 2.96. The Bertz CT molecular complexity index is 480. The van der Waals surface area contributed by atoms with Crippen LogP contribution in [0.2, 0.25) is 0 Å². The van der Waals surface area contributed by atoms with Gasteiger partial charge in [-0.3, -0.25) is 4.79 Å². The first-order valence-corrected chi connectivity index (χ1v) is 7.91. The van der Waals surface area contributed by atoms with Crippen molar-refractivity contribution in [2.24, 2.45) is 0 Å². The zero-order valence-electron chi connectivity index (χ0n) is 10.4. The van der Waals surface area contributed by atoms with Crippen LogP contribution in [0.15, 0.2) is 15.9 Å². The van der Waals surface area contributed by atoms with Crippen molar-refractivity contribution in [3.63, 3.8) is 0 Å². The van der Waals surface area contributed by atoms with Gasteiger partial charge in [0, 0.05) is 4.88 Å². The molecular formula is C13H16BrNO3S. The second-order valence-electron chi connectivity index (χ2n) is 4.88. The van der Waals surface area contributed by atoms with Gasteiger partial charge in [0.2, 0.25) is 5.91 Å². The lowest BCUT2D eigenvalue weighted by Crippen LogP contribution is -2.55. The molecule has 0 unspecified atom stereocenters. The Morgan fingerprint density at radius 3 is 2.53 bits per heavy atom. The number of carbonyl (C=O) groups excluding carboxylic acids is 1. The highest BCUT2D eigenvalue weighted by molar-refractivity contribution is 9.11. The van der Waals surface area contributed by atoms with Gasteiger partial charge in [-0.05, 0) is 40.9 Å². The van der Waals surface area contributed by atoms with Crippen LogP contribution in [-0.4, -0.2) is 22.5 Å². The number of hydrogen-bond acceptors (Lipinski definition) is 3. The highest BCUT2D eigenvalue weighted by atomic mass is 79.9. The molecule has 0 saturated heterocycles. The third-order valence-electron chi connectivity index (χ3n) is 3.46. The maximum Gasteiger partial charge on any atom is 0.329 e. The van der Waals surface area contributed by atoms with E-state index in [0.717, 1.165) is 27.9 Å². The number of carboxylic acids is 1. The lowest BCUT2D eigenvalue weighted by Gasteiger charge is -2.33. The normalized spacial score (nSPS) is 17.9. The van der Waals surface area contributed by atoms with Gasteiger partial charge < -0.3 is 10.4 Å². The second kappa shape index (κ2) is 6.05. The topological polar surface area (TPSA) is 66.4 Å². The molecule has 1 aliphatic carbocycles. The Morgan fingerprint density at radius 2 is 2.00 bits per heavy atom. The number of carbonyl (C=O) groups is 2. The van der Waals surface area contributed by atoms with E-state index in [1.807, 2.05) is 12.1 Å². The molecule has 4 nitrogen and oxygen atoms in total. The number of thiophene rings is 1. The summed E-state index contributed by atoms with van der Waals surface area (Å²) in [4.78, 5) is 24.4. The van der Waals surface area contributed by atoms with E-state index in [4.69, 9.17) is 0 Å². The minimum atomic E-state index is -1.05. The molecule has 1 aliphatic rings. The number of amides is 1. The standard InChI is InChI=1S/C13H16BrNO3S/c14-10-5-4-9(19-10)8-11(16)15-13(12(17)18)6-2-1-3-7-13/h4-5H,1-3,6-8H2,(H,15,16)(H,17,18). The van der Waals surface area contributed by atoms with E-state index in [2.05, 4.69) is 21.2 Å². The van der Waals surface area contributed by atoms with Gasteiger partial charge in [0.05, 0.1) is 10.2 Å². The molecule has 104 valence electrons. The third-order valence-corrected chi connectivity index (χ3v) is 5.08. The van der Waals surface area contributed by atoms with Crippen LogP contribution in [0.25, 0.3) is 0 Å². The molecule has 0 spiro atoms. The smallest absolute Gasteiger partial charge is 0.329 e. The summed E-state index contributed by atoms with van der Waals surface area (Å²) in [6.45, 7) is 0. The number of hydrogen-bond donors (Lipinski definition) is 2. The molecule has 0 aliphatic heterocycles. The Balaban J connectivity index is 2.01. The Kier molecular flexibility index (Phi) is 4.62. The van der Waals surface area contributed by atoms with Crippen LogP contribution in [0.3, 0.4) is 0 Å². The molecule has 2 N–H and O–H groups in total. The molecule has 1 fully saturated rings. The first-order chi connectivity index (χ1) is 9.02. The summed E-state index contributed by atoms with van der Waals surface area (Å²) in [5, 5.41) is 12.1. The van der Waals surface area contributed by atoms with Crippen LogP contribution in [0.4, 0.5) is 0 Å². The summed E-state index contributed by atoms with van der Waals surface area (Å²) in [7, 11) is 0. The third kappa shape index (κ3) is 3.57. The Hall–Kier alpha value is -0.880. The summed E-state index contributed by atoms with van der Waals surface area (Å²) in [6.07, 6.45) is 4.06. The van der Waals surface area contributed by atoms with E-state index in [0.29, 0.717) is 12.8 Å². The molecule has 0 atom stereocenters. The largest absolute Gasteiger partial charge is 0.480 e. The lowest BCUT2D eigenvalue weighted by molar-refractivity contribution is -0.149. The quantitative estimate of drug-likeness (QED) is 0.881. The molecule has 0 radical (unpaired) electrons. The van der Waals surface area contributed by atoms with Crippen LogP contribution < -0.4 is 5.32 Å². The van der Waals surface area contributed by atoms with Crippen molar-refractivity contribution in [1.29, 1.82) is 0 Å². The van der Waals surface area contributed by atoms with Crippen LogP contribution in [0.5, 0.6) is 0 Å².